The van der Waals surface area contributed by atoms with E-state index in [0.717, 1.165) is 26.0 Å². The van der Waals surface area contributed by atoms with Crippen molar-refractivity contribution in [3.63, 3.8) is 0 Å². The van der Waals surface area contributed by atoms with Crippen molar-refractivity contribution in [1.29, 1.82) is 0 Å². The van der Waals surface area contributed by atoms with Crippen LogP contribution in [0.5, 0.6) is 0 Å². The number of ether oxygens (including phenoxy) is 1. The van der Waals surface area contributed by atoms with Gasteiger partial charge in [0.2, 0.25) is 0 Å². The van der Waals surface area contributed by atoms with E-state index in [-0.39, 0.29) is 6.04 Å². The van der Waals surface area contributed by atoms with Gasteiger partial charge in [-0.25, -0.2) is 0 Å². The van der Waals surface area contributed by atoms with Crippen LogP contribution in [0.15, 0.2) is 24.3 Å². The second-order valence-corrected chi connectivity index (χ2v) is 5.51. The number of likely N-dealkylation sites (N-methyl/N-ethyl adjacent to an activating group) is 1. The van der Waals surface area contributed by atoms with Crippen molar-refractivity contribution >= 4 is 0 Å². The van der Waals surface area contributed by atoms with Crippen LogP contribution in [-0.4, -0.2) is 38.3 Å². The molecule has 1 aromatic carbocycles. The van der Waals surface area contributed by atoms with E-state index in [1.165, 1.54) is 24.0 Å². The molecule has 1 aromatic rings. The summed E-state index contributed by atoms with van der Waals surface area (Å²) in [6, 6.07) is 9.22. The quantitative estimate of drug-likeness (QED) is 0.654. The Morgan fingerprint density at radius 1 is 1.37 bits per heavy atom. The number of hydrogen-bond acceptors (Lipinski definition) is 3. The molecule has 1 aliphatic rings. The largest absolute Gasteiger partial charge is 0.385 e. The van der Waals surface area contributed by atoms with E-state index in [1.54, 1.807) is 7.11 Å². The maximum absolute atomic E-state index is 6.52. The molecule has 0 heterocycles. The van der Waals surface area contributed by atoms with Crippen LogP contribution in [0, 0.1) is 0 Å². The highest BCUT2D eigenvalue weighted by molar-refractivity contribution is 5.32. The number of fused-ring (bicyclic) bond motifs is 1. The van der Waals surface area contributed by atoms with E-state index >= 15 is 0 Å². The molecule has 0 saturated carbocycles. The summed E-state index contributed by atoms with van der Waals surface area (Å²) in [4.78, 5) is 2.41. The van der Waals surface area contributed by atoms with Crippen molar-refractivity contribution in [3.8, 4) is 0 Å². The van der Waals surface area contributed by atoms with Crippen molar-refractivity contribution < 1.29 is 4.74 Å². The number of aryl methyl sites for hydroxylation is 1. The Kier molecular flexibility index (Phi) is 5.37. The number of benzene rings is 1. The molecular formula is C16H26N2O. The molecule has 2 N–H and O–H groups in total. The molecule has 0 spiro atoms. The topological polar surface area (TPSA) is 38.5 Å². The van der Waals surface area contributed by atoms with Crippen molar-refractivity contribution in [2.24, 2.45) is 5.73 Å². The van der Waals surface area contributed by atoms with E-state index in [4.69, 9.17) is 10.5 Å². The van der Waals surface area contributed by atoms with E-state index in [9.17, 15) is 0 Å². The van der Waals surface area contributed by atoms with Crippen LogP contribution >= 0.6 is 0 Å². The Morgan fingerprint density at radius 3 is 2.95 bits per heavy atom. The molecule has 0 radical (unpaired) electrons. The van der Waals surface area contributed by atoms with Gasteiger partial charge < -0.3 is 15.4 Å². The predicted molar refractivity (Wildman–Crippen MR) is 79.2 cm³/mol. The molecule has 0 saturated heterocycles. The number of nitrogens with two attached hydrogens (primary N) is 1. The second kappa shape index (κ2) is 7.04. The third kappa shape index (κ3) is 3.56. The molecule has 1 aliphatic carbocycles. The minimum Gasteiger partial charge on any atom is -0.385 e. The van der Waals surface area contributed by atoms with Gasteiger partial charge in [-0.1, -0.05) is 24.3 Å². The summed E-state index contributed by atoms with van der Waals surface area (Å²) in [6.45, 7) is 1.87. The first-order chi connectivity index (χ1) is 9.24. The summed E-state index contributed by atoms with van der Waals surface area (Å²) in [7, 11) is 3.95. The Bertz CT molecular complexity index is 394. The maximum Gasteiger partial charge on any atom is 0.0474 e. The zero-order valence-corrected chi connectivity index (χ0v) is 12.1. The summed E-state index contributed by atoms with van der Waals surface area (Å²) in [6.07, 6.45) is 4.63. The molecule has 3 nitrogen and oxygen atoms in total. The van der Waals surface area contributed by atoms with Crippen LogP contribution in [0.4, 0.5) is 0 Å². The average Bonchev–Trinajstić information content (AvgIpc) is 2.59. The molecule has 2 atom stereocenters. The number of hydrogen-bond donors (Lipinski definition) is 1. The fourth-order valence-electron chi connectivity index (χ4n) is 3.09. The van der Waals surface area contributed by atoms with E-state index in [2.05, 4.69) is 36.2 Å². The predicted octanol–water partition coefficient (Wildman–Crippen LogP) is 2.36. The second-order valence-electron chi connectivity index (χ2n) is 5.51. The summed E-state index contributed by atoms with van der Waals surface area (Å²) < 4.78 is 5.13. The Hall–Kier alpha value is -0.900. The van der Waals surface area contributed by atoms with Crippen LogP contribution in [0.2, 0.25) is 0 Å². The third-order valence-electron chi connectivity index (χ3n) is 4.20. The lowest BCUT2D eigenvalue weighted by atomic mass is 9.96. The molecule has 19 heavy (non-hydrogen) atoms. The molecule has 2 rings (SSSR count). The molecule has 106 valence electrons. The normalized spacial score (nSPS) is 23.2. The van der Waals surface area contributed by atoms with Crippen LogP contribution in [0.25, 0.3) is 0 Å². The first kappa shape index (κ1) is 14.5. The van der Waals surface area contributed by atoms with Crippen LogP contribution in [0.1, 0.15) is 36.4 Å². The van der Waals surface area contributed by atoms with Gasteiger partial charge >= 0.3 is 0 Å². The van der Waals surface area contributed by atoms with Gasteiger partial charge in [-0.2, -0.15) is 0 Å². The van der Waals surface area contributed by atoms with Crippen molar-refractivity contribution in [2.75, 3.05) is 27.3 Å². The molecule has 0 aliphatic heterocycles. The number of rotatable bonds is 5. The lowest BCUT2D eigenvalue weighted by Gasteiger charge is -2.32. The maximum atomic E-state index is 6.52. The van der Waals surface area contributed by atoms with Crippen molar-refractivity contribution in [3.05, 3.63) is 35.4 Å². The van der Waals surface area contributed by atoms with Crippen LogP contribution in [0.3, 0.4) is 0 Å². The minimum absolute atomic E-state index is 0.131. The van der Waals surface area contributed by atoms with Gasteiger partial charge in [-0.3, -0.25) is 0 Å². The molecule has 0 fully saturated rings. The smallest absolute Gasteiger partial charge is 0.0474 e. The van der Waals surface area contributed by atoms with Gasteiger partial charge in [0.05, 0.1) is 0 Å². The Labute approximate surface area is 116 Å². The van der Waals surface area contributed by atoms with Crippen molar-refractivity contribution in [2.45, 2.75) is 37.8 Å². The van der Waals surface area contributed by atoms with Gasteiger partial charge in [0.25, 0.3) is 0 Å². The lowest BCUT2D eigenvalue weighted by Crippen LogP contribution is -2.40. The summed E-state index contributed by atoms with van der Waals surface area (Å²) in [5, 5.41) is 0. The molecule has 2 unspecified atom stereocenters. The molecule has 0 aromatic heterocycles. The molecule has 0 amide bonds. The Morgan fingerprint density at radius 2 is 2.16 bits per heavy atom. The summed E-state index contributed by atoms with van der Waals surface area (Å²) >= 11 is 0. The number of nitrogens with zero attached hydrogens (tertiary/aromatic N) is 1. The zero-order valence-electron chi connectivity index (χ0n) is 12.1. The van der Waals surface area contributed by atoms with Gasteiger partial charge in [0, 0.05) is 32.3 Å². The number of methoxy groups -OCH3 is 1. The third-order valence-corrected chi connectivity index (χ3v) is 4.20. The van der Waals surface area contributed by atoms with E-state index in [0.29, 0.717) is 6.04 Å². The lowest BCUT2D eigenvalue weighted by molar-refractivity contribution is 0.152. The molecule has 3 heteroatoms. The minimum atomic E-state index is 0.131. The molecular weight excluding hydrogens is 236 g/mol. The SMILES string of the molecule is COCCCN(C)C1CCCc2ccccc2C1N. The van der Waals surface area contributed by atoms with Crippen LogP contribution < -0.4 is 5.73 Å². The highest BCUT2D eigenvalue weighted by Crippen LogP contribution is 2.29. The van der Waals surface area contributed by atoms with Gasteiger partial charge in [-0.05, 0) is 43.9 Å². The highest BCUT2D eigenvalue weighted by Gasteiger charge is 2.27. The molecule has 0 bridgehead atoms. The van der Waals surface area contributed by atoms with E-state index in [1.807, 2.05) is 0 Å². The fourth-order valence-corrected chi connectivity index (χ4v) is 3.09. The summed E-state index contributed by atoms with van der Waals surface area (Å²) in [5.74, 6) is 0. The first-order valence-corrected chi connectivity index (χ1v) is 7.26. The monoisotopic (exact) mass is 262 g/mol. The fraction of sp³-hybridized carbons (Fsp3) is 0.625. The first-order valence-electron chi connectivity index (χ1n) is 7.26. The summed E-state index contributed by atoms with van der Waals surface area (Å²) in [5.41, 5.74) is 9.29. The standard InChI is InChI=1S/C16H26N2O/c1-18(11-6-12-19-2)15-10-5-8-13-7-3-4-9-14(13)16(15)17/h3-4,7,9,15-16H,5-6,8,10-12,17H2,1-2H3. The van der Waals surface area contributed by atoms with Crippen molar-refractivity contribution in [1.82, 2.24) is 4.90 Å². The van der Waals surface area contributed by atoms with Gasteiger partial charge in [0.15, 0.2) is 0 Å². The van der Waals surface area contributed by atoms with E-state index < -0.39 is 0 Å². The highest BCUT2D eigenvalue weighted by atomic mass is 16.5. The Balaban J connectivity index is 2.06. The average molecular weight is 262 g/mol. The zero-order chi connectivity index (χ0) is 13.7. The van der Waals surface area contributed by atoms with Gasteiger partial charge in [-0.15, -0.1) is 0 Å². The van der Waals surface area contributed by atoms with Crippen LogP contribution in [-0.2, 0) is 11.2 Å². The van der Waals surface area contributed by atoms with Gasteiger partial charge in [0.1, 0.15) is 0 Å².